The van der Waals surface area contributed by atoms with E-state index in [1.54, 1.807) is 48.5 Å². The lowest BCUT2D eigenvalue weighted by Crippen LogP contribution is -2.14. The Kier molecular flexibility index (Phi) is 4.02. The van der Waals surface area contributed by atoms with E-state index in [9.17, 15) is 9.46 Å². The highest BCUT2D eigenvalue weighted by Gasteiger charge is 2.22. The maximum atomic E-state index is 12.2. The molecule has 0 spiro atoms. The standard InChI is InChI=1S/C12H11O2P.H3N/c13-15(14,11-7-3-1-4-8-11)12-9-5-2-6-10-12;/h1-10H,(H,13,14);1H3. The molecule has 84 valence electrons. The third-order valence-corrected chi connectivity index (χ3v) is 4.21. The summed E-state index contributed by atoms with van der Waals surface area (Å²) in [6.45, 7) is 0. The first-order valence-corrected chi connectivity index (χ1v) is 6.31. The fourth-order valence-corrected chi connectivity index (χ4v) is 2.86. The van der Waals surface area contributed by atoms with Crippen molar-refractivity contribution in [2.24, 2.45) is 0 Å². The van der Waals surface area contributed by atoms with Gasteiger partial charge >= 0.3 is 0 Å². The van der Waals surface area contributed by atoms with Crippen LogP contribution in [0.25, 0.3) is 0 Å². The van der Waals surface area contributed by atoms with E-state index in [0.29, 0.717) is 10.6 Å². The van der Waals surface area contributed by atoms with E-state index in [4.69, 9.17) is 0 Å². The summed E-state index contributed by atoms with van der Waals surface area (Å²) in [5, 5.41) is 0.937. The predicted molar refractivity (Wildman–Crippen MR) is 67.0 cm³/mol. The monoisotopic (exact) mass is 235 g/mol. The fraction of sp³-hybridized carbons (Fsp3) is 0. The van der Waals surface area contributed by atoms with Crippen LogP contribution in [-0.4, -0.2) is 4.89 Å². The molecule has 2 rings (SSSR count). The summed E-state index contributed by atoms with van der Waals surface area (Å²) < 4.78 is 12.2. The van der Waals surface area contributed by atoms with Gasteiger partial charge in [-0.3, -0.25) is 4.57 Å². The molecule has 0 saturated heterocycles. The molecule has 4 heteroatoms. The van der Waals surface area contributed by atoms with Gasteiger partial charge in [-0.15, -0.1) is 0 Å². The van der Waals surface area contributed by atoms with Crippen molar-refractivity contribution in [3.8, 4) is 0 Å². The number of benzene rings is 2. The molecule has 0 atom stereocenters. The average molecular weight is 235 g/mol. The smallest absolute Gasteiger partial charge is 0.258 e. The van der Waals surface area contributed by atoms with Crippen LogP contribution in [-0.2, 0) is 4.57 Å². The molecule has 0 heterocycles. The number of rotatable bonds is 2. The predicted octanol–water partition coefficient (Wildman–Crippen LogP) is 2.07. The van der Waals surface area contributed by atoms with Crippen LogP contribution < -0.4 is 16.8 Å². The maximum absolute atomic E-state index is 12.2. The molecule has 0 aliphatic heterocycles. The van der Waals surface area contributed by atoms with Crippen molar-refractivity contribution in [1.29, 1.82) is 0 Å². The Morgan fingerprint density at radius 3 is 1.38 bits per heavy atom. The van der Waals surface area contributed by atoms with Crippen LogP contribution in [0.4, 0.5) is 0 Å². The van der Waals surface area contributed by atoms with E-state index < -0.39 is 7.37 Å². The van der Waals surface area contributed by atoms with Gasteiger partial charge in [-0.2, -0.15) is 0 Å². The van der Waals surface area contributed by atoms with Crippen LogP contribution in [0.5, 0.6) is 0 Å². The molecule has 16 heavy (non-hydrogen) atoms. The third-order valence-electron chi connectivity index (χ3n) is 2.21. The van der Waals surface area contributed by atoms with Gasteiger partial charge in [0, 0.05) is 10.6 Å². The summed E-state index contributed by atoms with van der Waals surface area (Å²) in [4.78, 5) is 10.0. The van der Waals surface area contributed by atoms with E-state index >= 15 is 0 Å². The minimum atomic E-state index is -3.40. The Hall–Kier alpha value is -1.41. The molecule has 3 nitrogen and oxygen atoms in total. The normalized spacial score (nSPS) is 10.6. The second-order valence-corrected chi connectivity index (χ2v) is 5.43. The molecule has 0 aliphatic rings. The number of hydrogen-bond donors (Lipinski definition) is 2. The van der Waals surface area contributed by atoms with E-state index in [-0.39, 0.29) is 6.15 Å². The first kappa shape index (κ1) is 12.7. The van der Waals surface area contributed by atoms with Gasteiger partial charge in [0.15, 0.2) is 0 Å². The molecule has 0 aromatic heterocycles. The number of hydrogen-bond acceptors (Lipinski definition) is 2. The second-order valence-electron chi connectivity index (χ2n) is 3.25. The van der Waals surface area contributed by atoms with Crippen molar-refractivity contribution < 1.29 is 9.46 Å². The van der Waals surface area contributed by atoms with Crippen molar-refractivity contribution >= 4 is 18.0 Å². The van der Waals surface area contributed by atoms with Crippen LogP contribution in [0.2, 0.25) is 0 Å². The summed E-state index contributed by atoms with van der Waals surface area (Å²) in [5.41, 5.74) is 0. The minimum absolute atomic E-state index is 0. The zero-order valence-corrected chi connectivity index (χ0v) is 9.68. The van der Waals surface area contributed by atoms with Gasteiger partial charge < -0.3 is 11.0 Å². The summed E-state index contributed by atoms with van der Waals surface area (Å²) in [6, 6.07) is 17.4. The van der Waals surface area contributed by atoms with Gasteiger partial charge in [-0.1, -0.05) is 36.4 Å². The highest BCUT2D eigenvalue weighted by atomic mass is 31.2. The highest BCUT2D eigenvalue weighted by Crippen LogP contribution is 2.37. The Balaban J connectivity index is 0.00000128. The van der Waals surface area contributed by atoms with Crippen molar-refractivity contribution in [3.63, 3.8) is 0 Å². The van der Waals surface area contributed by atoms with Crippen LogP contribution in [0, 0.1) is 0 Å². The average Bonchev–Trinajstić information content (AvgIpc) is 2.31. The molecule has 2 aromatic carbocycles. The Morgan fingerprint density at radius 1 is 0.750 bits per heavy atom. The van der Waals surface area contributed by atoms with Crippen LogP contribution in [0.15, 0.2) is 60.7 Å². The molecule has 4 N–H and O–H groups in total. The van der Waals surface area contributed by atoms with Gasteiger partial charge in [0.2, 0.25) is 0 Å². The van der Waals surface area contributed by atoms with Crippen LogP contribution in [0.1, 0.15) is 0 Å². The van der Waals surface area contributed by atoms with Gasteiger partial charge in [0.05, 0.1) is 0 Å². The van der Waals surface area contributed by atoms with E-state index in [0.717, 1.165) is 0 Å². The van der Waals surface area contributed by atoms with Crippen molar-refractivity contribution in [2.45, 2.75) is 0 Å². The molecule has 0 fully saturated rings. The molecule has 0 amide bonds. The maximum Gasteiger partial charge on any atom is 0.258 e. The Morgan fingerprint density at radius 2 is 1.06 bits per heavy atom. The van der Waals surface area contributed by atoms with Gasteiger partial charge in [0.1, 0.15) is 0 Å². The molecule has 0 aliphatic carbocycles. The lowest BCUT2D eigenvalue weighted by molar-refractivity contribution is 0.501. The van der Waals surface area contributed by atoms with E-state index in [1.807, 2.05) is 12.1 Å². The zero-order chi connectivity index (χ0) is 10.7. The summed E-state index contributed by atoms with van der Waals surface area (Å²) in [6.07, 6.45) is 0. The Labute approximate surface area is 94.8 Å². The SMILES string of the molecule is N.O=P(O)(c1ccccc1)c1ccccc1. The molecule has 0 radical (unpaired) electrons. The van der Waals surface area contributed by atoms with Gasteiger partial charge in [-0.25, -0.2) is 0 Å². The minimum Gasteiger partial charge on any atom is -0.344 e. The zero-order valence-electron chi connectivity index (χ0n) is 8.78. The van der Waals surface area contributed by atoms with Crippen molar-refractivity contribution in [3.05, 3.63) is 60.7 Å². The van der Waals surface area contributed by atoms with E-state index in [2.05, 4.69) is 0 Å². The first-order valence-electron chi connectivity index (χ1n) is 4.65. The molecule has 0 bridgehead atoms. The third kappa shape index (κ3) is 2.39. The van der Waals surface area contributed by atoms with Gasteiger partial charge in [-0.05, 0) is 24.3 Å². The topological polar surface area (TPSA) is 72.3 Å². The first-order chi connectivity index (χ1) is 7.21. The summed E-state index contributed by atoms with van der Waals surface area (Å²) >= 11 is 0. The highest BCUT2D eigenvalue weighted by molar-refractivity contribution is 7.73. The van der Waals surface area contributed by atoms with E-state index in [1.165, 1.54) is 0 Å². The second kappa shape index (κ2) is 5.08. The van der Waals surface area contributed by atoms with Crippen molar-refractivity contribution in [1.82, 2.24) is 6.15 Å². The van der Waals surface area contributed by atoms with Gasteiger partial charge in [0.25, 0.3) is 7.37 Å². The van der Waals surface area contributed by atoms with Crippen LogP contribution >= 0.6 is 7.37 Å². The molecule has 0 saturated carbocycles. The molecular weight excluding hydrogens is 221 g/mol. The lowest BCUT2D eigenvalue weighted by Gasteiger charge is -2.11. The largest absolute Gasteiger partial charge is 0.344 e. The van der Waals surface area contributed by atoms with Crippen molar-refractivity contribution in [2.75, 3.05) is 0 Å². The van der Waals surface area contributed by atoms with Crippen LogP contribution in [0.3, 0.4) is 0 Å². The molecule has 0 unspecified atom stereocenters. The summed E-state index contributed by atoms with van der Waals surface area (Å²) in [7, 11) is -3.40. The molecule has 2 aromatic rings. The fourth-order valence-electron chi connectivity index (χ4n) is 1.41. The molecular formula is C12H14NO2P. The quantitative estimate of drug-likeness (QED) is 0.782. The Bertz CT molecular complexity index is 441. The summed E-state index contributed by atoms with van der Waals surface area (Å²) in [5.74, 6) is 0. The lowest BCUT2D eigenvalue weighted by atomic mass is 10.4.